The number of hydrogen-bond donors (Lipinski definition) is 0. The molecule has 73 valence electrons. The molecule has 1 aliphatic carbocycles. The zero-order valence-corrected chi connectivity index (χ0v) is 12.1. The first-order valence-corrected chi connectivity index (χ1v) is 5.58. The Morgan fingerprint density at radius 3 is 2.38 bits per heavy atom. The second kappa shape index (κ2) is 8.27. The van der Waals surface area contributed by atoms with Crippen molar-refractivity contribution >= 4 is 0 Å². The summed E-state index contributed by atoms with van der Waals surface area (Å²) in [6.07, 6.45) is 8.83. The van der Waals surface area contributed by atoms with E-state index in [9.17, 15) is 0 Å². The largest absolute Gasteiger partial charge is 1.00 e. The van der Waals surface area contributed by atoms with Crippen LogP contribution in [0.4, 0.5) is 0 Å². The average molecular weight is 297 g/mol. The summed E-state index contributed by atoms with van der Waals surface area (Å²) in [5.41, 5.74) is 1.47. The van der Waals surface area contributed by atoms with Crippen LogP contribution >= 0.6 is 0 Å². The molecule has 0 nitrogen and oxygen atoms in total. The molecular weight excluding hydrogens is 282 g/mol. The van der Waals surface area contributed by atoms with Gasteiger partial charge in [-0.05, 0) is 0 Å². The van der Waals surface area contributed by atoms with E-state index in [0.717, 1.165) is 5.92 Å². The van der Waals surface area contributed by atoms with Crippen LogP contribution in [0.1, 0.15) is 33.1 Å². The molecule has 0 amide bonds. The van der Waals surface area contributed by atoms with E-state index in [2.05, 4.69) is 26.0 Å². The first-order chi connectivity index (χ1) is 5.24. The van der Waals surface area contributed by atoms with E-state index >= 15 is 0 Å². The molecule has 0 spiro atoms. The van der Waals surface area contributed by atoms with Gasteiger partial charge in [0.25, 0.3) is 0 Å². The molecular formula is C10H15Cl2Zr. The van der Waals surface area contributed by atoms with Gasteiger partial charge in [0, 0.05) is 0 Å². The van der Waals surface area contributed by atoms with Crippen molar-refractivity contribution in [3.8, 4) is 0 Å². The van der Waals surface area contributed by atoms with Crippen molar-refractivity contribution in [2.45, 2.75) is 33.1 Å². The smallest absolute Gasteiger partial charge is 1.00 e. The first-order valence-electron chi connectivity index (χ1n) is 4.35. The van der Waals surface area contributed by atoms with Crippen molar-refractivity contribution in [2.75, 3.05) is 0 Å². The second-order valence-electron chi connectivity index (χ2n) is 3.26. The Balaban J connectivity index is 0. The molecule has 1 atom stereocenters. The third-order valence-corrected chi connectivity index (χ3v) is 3.38. The van der Waals surface area contributed by atoms with Crippen LogP contribution in [-0.2, 0) is 24.7 Å². The Morgan fingerprint density at radius 2 is 2.00 bits per heavy atom. The number of halogens is 2. The predicted octanol–water partition coefficient (Wildman–Crippen LogP) is -2.81. The van der Waals surface area contributed by atoms with Crippen molar-refractivity contribution in [2.24, 2.45) is 5.92 Å². The van der Waals surface area contributed by atoms with Gasteiger partial charge in [-0.15, -0.1) is 0 Å². The summed E-state index contributed by atoms with van der Waals surface area (Å²) in [6.45, 7) is 4.47. The summed E-state index contributed by atoms with van der Waals surface area (Å²) >= 11 is 1.60. The van der Waals surface area contributed by atoms with Crippen LogP contribution in [0.2, 0.25) is 0 Å². The molecule has 1 rings (SSSR count). The SMILES string of the molecule is CCCCC1C=C(C)C=[C]1[Zr+2].[Cl-].[Cl-]. The maximum atomic E-state index is 2.42. The van der Waals surface area contributed by atoms with E-state index in [0.29, 0.717) is 0 Å². The quantitative estimate of drug-likeness (QED) is 0.528. The summed E-state index contributed by atoms with van der Waals surface area (Å²) in [5, 5.41) is 0. The third-order valence-electron chi connectivity index (χ3n) is 2.12. The van der Waals surface area contributed by atoms with Gasteiger partial charge < -0.3 is 24.8 Å². The van der Waals surface area contributed by atoms with Crippen molar-refractivity contribution in [1.29, 1.82) is 0 Å². The van der Waals surface area contributed by atoms with E-state index in [-0.39, 0.29) is 24.8 Å². The Kier molecular flexibility index (Phi) is 10.4. The second-order valence-corrected chi connectivity index (χ2v) is 4.68. The third kappa shape index (κ3) is 5.40. The van der Waals surface area contributed by atoms with E-state index in [4.69, 9.17) is 0 Å². The summed E-state index contributed by atoms with van der Waals surface area (Å²) in [5.74, 6) is 0.799. The van der Waals surface area contributed by atoms with Gasteiger partial charge in [-0.3, -0.25) is 0 Å². The van der Waals surface area contributed by atoms with Gasteiger partial charge in [-0.1, -0.05) is 0 Å². The van der Waals surface area contributed by atoms with Crippen LogP contribution in [0.15, 0.2) is 21.0 Å². The predicted molar refractivity (Wildman–Crippen MR) is 44.9 cm³/mol. The molecule has 0 heterocycles. The van der Waals surface area contributed by atoms with Gasteiger partial charge in [-0.2, -0.15) is 0 Å². The number of hydrogen-bond acceptors (Lipinski definition) is 0. The summed E-state index contributed by atoms with van der Waals surface area (Å²) in [7, 11) is 0. The van der Waals surface area contributed by atoms with Crippen molar-refractivity contribution in [1.82, 2.24) is 0 Å². The zero-order valence-electron chi connectivity index (χ0n) is 8.11. The molecule has 0 fully saturated rings. The topological polar surface area (TPSA) is 0 Å². The van der Waals surface area contributed by atoms with E-state index in [1.54, 1.807) is 28.0 Å². The van der Waals surface area contributed by atoms with E-state index in [1.165, 1.54) is 24.8 Å². The fraction of sp³-hybridized carbons (Fsp3) is 0.600. The normalized spacial score (nSPS) is 19.8. The number of allylic oxidation sites excluding steroid dienone is 4. The van der Waals surface area contributed by atoms with Gasteiger partial charge in [0.1, 0.15) is 0 Å². The maximum Gasteiger partial charge on any atom is -1.00 e. The Morgan fingerprint density at radius 1 is 1.38 bits per heavy atom. The molecule has 0 bridgehead atoms. The minimum Gasteiger partial charge on any atom is -1.00 e. The van der Waals surface area contributed by atoms with Crippen LogP contribution in [0.5, 0.6) is 0 Å². The van der Waals surface area contributed by atoms with Crippen LogP contribution < -0.4 is 24.8 Å². The van der Waals surface area contributed by atoms with Crippen LogP contribution in [0.3, 0.4) is 0 Å². The zero-order chi connectivity index (χ0) is 8.27. The minimum absolute atomic E-state index is 0. The summed E-state index contributed by atoms with van der Waals surface area (Å²) < 4.78 is 1.64. The van der Waals surface area contributed by atoms with Crippen molar-refractivity contribution < 1.29 is 49.5 Å². The van der Waals surface area contributed by atoms with Crippen LogP contribution in [0, 0.1) is 5.92 Å². The maximum absolute atomic E-state index is 2.42. The van der Waals surface area contributed by atoms with Crippen LogP contribution in [0.25, 0.3) is 0 Å². The van der Waals surface area contributed by atoms with Gasteiger partial charge in [-0.25, -0.2) is 0 Å². The van der Waals surface area contributed by atoms with E-state index < -0.39 is 0 Å². The molecule has 0 N–H and O–H groups in total. The molecule has 0 radical (unpaired) electrons. The number of unbranched alkanes of at least 4 members (excludes halogenated alkanes) is 1. The first kappa shape index (κ1) is 16.4. The summed E-state index contributed by atoms with van der Waals surface area (Å²) in [4.78, 5) is 0. The molecule has 0 aromatic heterocycles. The average Bonchev–Trinajstić information content (AvgIpc) is 2.26. The Hall–Kier alpha value is 0.943. The molecule has 0 aliphatic heterocycles. The summed E-state index contributed by atoms with van der Waals surface area (Å²) in [6, 6.07) is 0. The number of rotatable bonds is 3. The van der Waals surface area contributed by atoms with Gasteiger partial charge in [0.15, 0.2) is 0 Å². The Labute approximate surface area is 109 Å². The van der Waals surface area contributed by atoms with Crippen LogP contribution in [-0.4, -0.2) is 0 Å². The minimum atomic E-state index is 0. The van der Waals surface area contributed by atoms with Crippen molar-refractivity contribution in [3.05, 3.63) is 21.0 Å². The molecule has 13 heavy (non-hydrogen) atoms. The molecule has 1 unspecified atom stereocenters. The van der Waals surface area contributed by atoms with Gasteiger partial charge >= 0.3 is 84.8 Å². The molecule has 0 aromatic rings. The Bertz CT molecular complexity index is 197. The molecule has 0 saturated carbocycles. The standard InChI is InChI=1S/C10H15.2ClH.Zr/c1-3-4-5-10-7-6-9(2)8-10;;;/h6,8,10H,3-5H2,1-2H3;2*1H;/q;;;+2/p-2. The van der Waals surface area contributed by atoms with Gasteiger partial charge in [0.05, 0.1) is 0 Å². The fourth-order valence-corrected chi connectivity index (χ4v) is 2.59. The molecule has 0 aromatic carbocycles. The molecule has 0 saturated heterocycles. The monoisotopic (exact) mass is 295 g/mol. The van der Waals surface area contributed by atoms with E-state index in [1.807, 2.05) is 0 Å². The van der Waals surface area contributed by atoms with Gasteiger partial charge in [0.2, 0.25) is 0 Å². The fourth-order valence-electron chi connectivity index (χ4n) is 1.47. The van der Waals surface area contributed by atoms with Crippen molar-refractivity contribution in [3.63, 3.8) is 0 Å². The molecule has 3 heteroatoms. The molecule has 1 aliphatic rings.